The van der Waals surface area contributed by atoms with Crippen LogP contribution in [0.2, 0.25) is 0 Å². The van der Waals surface area contributed by atoms with E-state index in [1.165, 1.54) is 24.3 Å². The van der Waals surface area contributed by atoms with Gasteiger partial charge in [0.1, 0.15) is 0 Å². The van der Waals surface area contributed by atoms with Crippen LogP contribution in [0.1, 0.15) is 22.8 Å². The van der Waals surface area contributed by atoms with Crippen LogP contribution in [0.25, 0.3) is 0 Å². The van der Waals surface area contributed by atoms with Gasteiger partial charge in [0.25, 0.3) is 5.69 Å². The summed E-state index contributed by atoms with van der Waals surface area (Å²) in [5, 5.41) is 15.6. The molecule has 0 aliphatic carbocycles. The van der Waals surface area contributed by atoms with Crippen LogP contribution in [-0.2, 0) is 10.9 Å². The van der Waals surface area contributed by atoms with Gasteiger partial charge in [0.15, 0.2) is 5.11 Å². The number of nitro groups is 1. The highest BCUT2D eigenvalue weighted by Gasteiger charge is 2.35. The third-order valence-electron chi connectivity index (χ3n) is 3.42. The lowest BCUT2D eigenvalue weighted by atomic mass is 10.1. The maximum Gasteiger partial charge on any atom is 0.418 e. The fourth-order valence-electron chi connectivity index (χ4n) is 2.18. The van der Waals surface area contributed by atoms with E-state index >= 15 is 0 Å². The first-order chi connectivity index (χ1) is 13.1. The first-order valence-corrected chi connectivity index (χ1v) is 8.23. The minimum atomic E-state index is -4.81. The molecular weight excluding hydrogens is 399 g/mol. The van der Waals surface area contributed by atoms with E-state index in [4.69, 9.17) is 17.0 Å². The molecule has 0 atom stereocenters. The van der Waals surface area contributed by atoms with Crippen LogP contribution in [0.5, 0.6) is 0 Å². The van der Waals surface area contributed by atoms with Gasteiger partial charge in [-0.15, -0.1) is 0 Å². The minimum Gasteiger partial charge on any atom is -0.462 e. The summed E-state index contributed by atoms with van der Waals surface area (Å²) in [5.74, 6) is -0.504. The number of esters is 1. The smallest absolute Gasteiger partial charge is 0.418 e. The third kappa shape index (κ3) is 5.39. The number of ether oxygens (including phenoxy) is 1. The molecular formula is C17H14F3N3O4S. The molecule has 148 valence electrons. The number of nitrogens with one attached hydrogen (secondary N) is 2. The van der Waals surface area contributed by atoms with Gasteiger partial charge in [-0.2, -0.15) is 13.2 Å². The van der Waals surface area contributed by atoms with Crippen molar-refractivity contribution in [2.45, 2.75) is 13.1 Å². The Morgan fingerprint density at radius 2 is 1.82 bits per heavy atom. The summed E-state index contributed by atoms with van der Waals surface area (Å²) in [4.78, 5) is 21.4. The number of thiocarbonyl (C=S) groups is 1. The van der Waals surface area contributed by atoms with E-state index in [2.05, 4.69) is 10.6 Å². The molecule has 0 aliphatic rings. The van der Waals surface area contributed by atoms with E-state index in [1.807, 2.05) is 0 Å². The Labute approximate surface area is 162 Å². The van der Waals surface area contributed by atoms with E-state index in [0.717, 1.165) is 12.1 Å². The molecule has 0 bridgehead atoms. The summed E-state index contributed by atoms with van der Waals surface area (Å²) in [6.07, 6.45) is -4.81. The van der Waals surface area contributed by atoms with Crippen molar-refractivity contribution in [2.24, 2.45) is 0 Å². The summed E-state index contributed by atoms with van der Waals surface area (Å²) in [6, 6.07) is 8.24. The molecule has 28 heavy (non-hydrogen) atoms. The number of hydrogen-bond donors (Lipinski definition) is 2. The maximum atomic E-state index is 13.2. The fraction of sp³-hybridized carbons (Fsp3) is 0.176. The Hall–Kier alpha value is -3.21. The molecule has 2 rings (SSSR count). The molecule has 0 aliphatic heterocycles. The van der Waals surface area contributed by atoms with Crippen molar-refractivity contribution in [3.8, 4) is 0 Å². The quantitative estimate of drug-likeness (QED) is 0.320. The Morgan fingerprint density at radius 1 is 1.18 bits per heavy atom. The highest BCUT2D eigenvalue weighted by atomic mass is 32.1. The Kier molecular flexibility index (Phi) is 6.52. The third-order valence-corrected chi connectivity index (χ3v) is 3.63. The zero-order valence-electron chi connectivity index (χ0n) is 14.4. The van der Waals surface area contributed by atoms with Crippen molar-refractivity contribution in [3.05, 3.63) is 63.7 Å². The largest absolute Gasteiger partial charge is 0.462 e. The predicted octanol–water partition coefficient (Wildman–Crippen LogP) is 4.60. The van der Waals surface area contributed by atoms with Gasteiger partial charge in [-0.05, 0) is 49.5 Å². The van der Waals surface area contributed by atoms with Crippen LogP contribution >= 0.6 is 12.2 Å². The Morgan fingerprint density at radius 3 is 2.36 bits per heavy atom. The molecule has 0 unspecified atom stereocenters. The Bertz CT molecular complexity index is 902. The second-order valence-electron chi connectivity index (χ2n) is 5.36. The van der Waals surface area contributed by atoms with Crippen LogP contribution in [0.3, 0.4) is 0 Å². The maximum absolute atomic E-state index is 13.2. The van der Waals surface area contributed by atoms with Crippen molar-refractivity contribution >= 4 is 40.4 Å². The van der Waals surface area contributed by atoms with Crippen molar-refractivity contribution in [3.63, 3.8) is 0 Å². The second-order valence-corrected chi connectivity index (χ2v) is 5.77. The van der Waals surface area contributed by atoms with Gasteiger partial charge in [-0.25, -0.2) is 4.79 Å². The molecule has 0 heterocycles. The molecule has 0 fully saturated rings. The summed E-state index contributed by atoms with van der Waals surface area (Å²) in [7, 11) is 0. The molecule has 2 aromatic carbocycles. The van der Waals surface area contributed by atoms with E-state index in [0.29, 0.717) is 17.3 Å². The number of nitrogens with zero attached hydrogens (tertiary/aromatic N) is 1. The molecule has 2 N–H and O–H groups in total. The van der Waals surface area contributed by atoms with E-state index in [9.17, 15) is 28.1 Å². The van der Waals surface area contributed by atoms with Crippen molar-refractivity contribution in [1.82, 2.24) is 0 Å². The zero-order chi connectivity index (χ0) is 20.9. The van der Waals surface area contributed by atoms with Crippen molar-refractivity contribution < 1.29 is 27.6 Å². The van der Waals surface area contributed by atoms with Crippen LogP contribution < -0.4 is 10.6 Å². The lowest BCUT2D eigenvalue weighted by molar-refractivity contribution is -0.385. The number of anilines is 2. The first kappa shape index (κ1) is 21.1. The number of nitro benzene ring substituents is 1. The summed E-state index contributed by atoms with van der Waals surface area (Å²) in [5.41, 5.74) is -1.62. The van der Waals surface area contributed by atoms with E-state index in [1.54, 1.807) is 6.92 Å². The van der Waals surface area contributed by atoms with Gasteiger partial charge in [-0.1, -0.05) is 0 Å². The van der Waals surface area contributed by atoms with Crippen LogP contribution in [0, 0.1) is 10.1 Å². The number of hydrogen-bond acceptors (Lipinski definition) is 5. The van der Waals surface area contributed by atoms with Crippen LogP contribution in [-0.4, -0.2) is 22.6 Å². The summed E-state index contributed by atoms with van der Waals surface area (Å²) < 4.78 is 44.4. The van der Waals surface area contributed by atoms with Gasteiger partial charge in [0.05, 0.1) is 28.3 Å². The molecule has 11 heteroatoms. The average Bonchev–Trinajstić information content (AvgIpc) is 2.61. The van der Waals surface area contributed by atoms with E-state index < -0.39 is 34.0 Å². The molecule has 2 aromatic rings. The number of carbonyl (C=O) groups is 1. The number of alkyl halides is 3. The topological polar surface area (TPSA) is 93.5 Å². The van der Waals surface area contributed by atoms with Crippen molar-refractivity contribution in [1.29, 1.82) is 0 Å². The van der Waals surface area contributed by atoms with Gasteiger partial charge in [0.2, 0.25) is 0 Å². The number of carbonyl (C=O) groups excluding carboxylic acids is 1. The highest BCUT2D eigenvalue weighted by Crippen LogP contribution is 2.37. The number of non-ortho nitro benzene ring substituents is 1. The van der Waals surface area contributed by atoms with Gasteiger partial charge < -0.3 is 15.4 Å². The molecule has 0 aromatic heterocycles. The molecule has 7 nitrogen and oxygen atoms in total. The van der Waals surface area contributed by atoms with Crippen molar-refractivity contribution in [2.75, 3.05) is 17.2 Å². The zero-order valence-corrected chi connectivity index (χ0v) is 15.2. The molecule has 0 radical (unpaired) electrons. The number of benzene rings is 2. The van der Waals surface area contributed by atoms with Crippen LogP contribution in [0.4, 0.5) is 30.2 Å². The van der Waals surface area contributed by atoms with Gasteiger partial charge >= 0.3 is 12.1 Å². The Balaban J connectivity index is 2.14. The predicted molar refractivity (Wildman–Crippen MR) is 100 cm³/mol. The fourth-order valence-corrected chi connectivity index (χ4v) is 2.41. The lowest BCUT2D eigenvalue weighted by Gasteiger charge is -2.16. The van der Waals surface area contributed by atoms with E-state index in [-0.39, 0.29) is 11.7 Å². The normalized spacial score (nSPS) is 10.9. The standard InChI is InChI=1S/C17H14F3N3O4S/c1-2-27-15(24)10-3-5-11(6-4-10)21-16(28)22-14-8-7-12(23(25)26)9-13(14)17(18,19)20/h3-9H,2H2,1H3,(H2,21,22,28). The summed E-state index contributed by atoms with van der Waals surface area (Å²) >= 11 is 5.00. The monoisotopic (exact) mass is 413 g/mol. The number of halogens is 3. The lowest BCUT2D eigenvalue weighted by Crippen LogP contribution is -2.21. The van der Waals surface area contributed by atoms with Crippen LogP contribution in [0.15, 0.2) is 42.5 Å². The average molecular weight is 413 g/mol. The van der Waals surface area contributed by atoms with Gasteiger partial charge in [-0.3, -0.25) is 10.1 Å². The van der Waals surface area contributed by atoms with Gasteiger partial charge in [0, 0.05) is 17.8 Å². The second kappa shape index (κ2) is 8.65. The molecule has 0 amide bonds. The molecule has 0 saturated heterocycles. The number of rotatable bonds is 5. The minimum absolute atomic E-state index is 0.164. The molecule has 0 saturated carbocycles. The molecule has 0 spiro atoms. The highest BCUT2D eigenvalue weighted by molar-refractivity contribution is 7.80. The first-order valence-electron chi connectivity index (χ1n) is 7.82. The SMILES string of the molecule is CCOC(=O)c1ccc(NC(=S)Nc2ccc([N+](=O)[O-])cc2C(F)(F)F)cc1. The summed E-state index contributed by atoms with van der Waals surface area (Å²) in [6.45, 7) is 1.90.